The van der Waals surface area contributed by atoms with Crippen LogP contribution in [0.15, 0.2) is 0 Å². The Bertz CT molecular complexity index is 182. The smallest absolute Gasteiger partial charge is 0.0960 e. The number of hydrogen-bond donors (Lipinski definition) is 1. The van der Waals surface area contributed by atoms with Crippen molar-refractivity contribution >= 4 is 17.6 Å². The maximum atomic E-state index is 7.92. The standard InChI is InChI=1S/C10H20N2S/c1-4-5-10(11)12-6-7-13-9(3)8(12)2/h8-9,11H,4-7H2,1-3H3. The molecule has 1 aliphatic rings. The number of amidine groups is 1. The third kappa shape index (κ3) is 2.63. The van der Waals surface area contributed by atoms with Gasteiger partial charge in [-0.1, -0.05) is 13.8 Å². The topological polar surface area (TPSA) is 27.1 Å². The molecule has 0 aliphatic carbocycles. The van der Waals surface area contributed by atoms with E-state index in [1.54, 1.807) is 0 Å². The molecule has 13 heavy (non-hydrogen) atoms. The molecule has 0 aromatic rings. The molecular weight excluding hydrogens is 180 g/mol. The molecule has 1 saturated heterocycles. The zero-order valence-electron chi connectivity index (χ0n) is 8.84. The van der Waals surface area contributed by atoms with Gasteiger partial charge in [-0.3, -0.25) is 5.41 Å². The molecule has 0 bridgehead atoms. The van der Waals surface area contributed by atoms with Crippen LogP contribution in [0, 0.1) is 5.41 Å². The van der Waals surface area contributed by atoms with Gasteiger partial charge in [-0.2, -0.15) is 11.8 Å². The minimum atomic E-state index is 0.540. The van der Waals surface area contributed by atoms with E-state index in [1.807, 2.05) is 11.8 Å². The number of thioether (sulfide) groups is 1. The van der Waals surface area contributed by atoms with E-state index in [2.05, 4.69) is 25.7 Å². The first-order chi connectivity index (χ1) is 6.16. The molecule has 1 aliphatic heterocycles. The Balaban J connectivity index is 2.52. The van der Waals surface area contributed by atoms with Gasteiger partial charge in [0.05, 0.1) is 5.84 Å². The summed E-state index contributed by atoms with van der Waals surface area (Å²) in [6, 6.07) is 0.540. The van der Waals surface area contributed by atoms with Gasteiger partial charge in [0.1, 0.15) is 0 Å². The number of nitrogens with one attached hydrogen (secondary N) is 1. The van der Waals surface area contributed by atoms with Crippen LogP contribution >= 0.6 is 11.8 Å². The highest BCUT2D eigenvalue weighted by molar-refractivity contribution is 8.00. The van der Waals surface area contributed by atoms with Crippen molar-refractivity contribution in [2.75, 3.05) is 12.3 Å². The lowest BCUT2D eigenvalue weighted by Crippen LogP contribution is -2.47. The van der Waals surface area contributed by atoms with Gasteiger partial charge >= 0.3 is 0 Å². The normalized spacial score (nSPS) is 29.0. The van der Waals surface area contributed by atoms with E-state index in [0.29, 0.717) is 11.3 Å². The van der Waals surface area contributed by atoms with Crippen LogP contribution in [0.3, 0.4) is 0 Å². The fraction of sp³-hybridized carbons (Fsp3) is 0.900. The van der Waals surface area contributed by atoms with Gasteiger partial charge in [0.25, 0.3) is 0 Å². The highest BCUT2D eigenvalue weighted by Gasteiger charge is 2.26. The summed E-state index contributed by atoms with van der Waals surface area (Å²) in [5.41, 5.74) is 0. The second kappa shape index (κ2) is 4.89. The highest BCUT2D eigenvalue weighted by atomic mass is 32.2. The first-order valence-corrected chi connectivity index (χ1v) is 6.17. The molecule has 3 heteroatoms. The van der Waals surface area contributed by atoms with Crippen molar-refractivity contribution in [2.24, 2.45) is 0 Å². The summed E-state index contributed by atoms with van der Waals surface area (Å²) in [6.45, 7) is 7.71. The SMILES string of the molecule is CCCC(=N)N1CCSC(C)C1C. The fourth-order valence-electron chi connectivity index (χ4n) is 1.69. The van der Waals surface area contributed by atoms with Crippen molar-refractivity contribution in [1.29, 1.82) is 5.41 Å². The Labute approximate surface area is 85.6 Å². The minimum Gasteiger partial charge on any atom is -0.356 e. The molecule has 0 amide bonds. The maximum Gasteiger partial charge on any atom is 0.0960 e. The van der Waals surface area contributed by atoms with Crippen LogP contribution < -0.4 is 0 Å². The summed E-state index contributed by atoms with van der Waals surface area (Å²) < 4.78 is 0. The molecule has 0 aromatic carbocycles. The summed E-state index contributed by atoms with van der Waals surface area (Å²) in [6.07, 6.45) is 2.02. The summed E-state index contributed by atoms with van der Waals surface area (Å²) >= 11 is 2.03. The van der Waals surface area contributed by atoms with Crippen LogP contribution in [0.2, 0.25) is 0 Å². The number of hydrogen-bond acceptors (Lipinski definition) is 2. The van der Waals surface area contributed by atoms with E-state index in [-0.39, 0.29) is 0 Å². The highest BCUT2D eigenvalue weighted by Crippen LogP contribution is 2.24. The monoisotopic (exact) mass is 200 g/mol. The Morgan fingerprint density at radius 3 is 2.85 bits per heavy atom. The first kappa shape index (κ1) is 10.9. The predicted molar refractivity (Wildman–Crippen MR) is 60.7 cm³/mol. The quantitative estimate of drug-likeness (QED) is 0.548. The number of nitrogens with zero attached hydrogens (tertiary/aromatic N) is 1. The molecule has 0 saturated carbocycles. The lowest BCUT2D eigenvalue weighted by Gasteiger charge is -2.39. The first-order valence-electron chi connectivity index (χ1n) is 5.12. The second-order valence-electron chi connectivity index (χ2n) is 3.71. The van der Waals surface area contributed by atoms with Crippen molar-refractivity contribution in [3.63, 3.8) is 0 Å². The molecule has 76 valence electrons. The molecule has 0 spiro atoms. The van der Waals surface area contributed by atoms with E-state index in [4.69, 9.17) is 5.41 Å². The van der Waals surface area contributed by atoms with Crippen LogP contribution in [-0.2, 0) is 0 Å². The largest absolute Gasteiger partial charge is 0.356 e. The Morgan fingerprint density at radius 2 is 2.23 bits per heavy atom. The van der Waals surface area contributed by atoms with Crippen molar-refractivity contribution in [3.8, 4) is 0 Å². The Hall–Kier alpha value is -0.180. The summed E-state index contributed by atoms with van der Waals surface area (Å²) in [4.78, 5) is 2.27. The van der Waals surface area contributed by atoms with Crippen molar-refractivity contribution in [1.82, 2.24) is 4.90 Å². The molecule has 1 heterocycles. The maximum absolute atomic E-state index is 7.92. The second-order valence-corrected chi connectivity index (χ2v) is 5.19. The zero-order valence-corrected chi connectivity index (χ0v) is 9.66. The Morgan fingerprint density at radius 1 is 1.54 bits per heavy atom. The van der Waals surface area contributed by atoms with E-state index in [9.17, 15) is 0 Å². The molecule has 2 nitrogen and oxygen atoms in total. The summed E-state index contributed by atoms with van der Waals surface area (Å²) in [5, 5.41) is 8.59. The lowest BCUT2D eigenvalue weighted by atomic mass is 10.1. The van der Waals surface area contributed by atoms with Gasteiger partial charge in [-0.05, 0) is 13.3 Å². The average Bonchev–Trinajstić information content (AvgIpc) is 2.10. The zero-order chi connectivity index (χ0) is 9.84. The van der Waals surface area contributed by atoms with Gasteiger partial charge in [0.2, 0.25) is 0 Å². The minimum absolute atomic E-state index is 0.540. The van der Waals surface area contributed by atoms with E-state index in [0.717, 1.165) is 25.2 Å². The number of rotatable bonds is 2. The molecular formula is C10H20N2S. The van der Waals surface area contributed by atoms with Gasteiger partial charge < -0.3 is 4.90 Å². The molecule has 2 atom stereocenters. The van der Waals surface area contributed by atoms with E-state index >= 15 is 0 Å². The third-order valence-corrected chi connectivity index (χ3v) is 4.06. The molecule has 0 radical (unpaired) electrons. The van der Waals surface area contributed by atoms with Crippen LogP contribution in [0.4, 0.5) is 0 Å². The van der Waals surface area contributed by atoms with Crippen molar-refractivity contribution in [2.45, 2.75) is 44.9 Å². The average molecular weight is 200 g/mol. The van der Waals surface area contributed by atoms with Crippen LogP contribution in [0.5, 0.6) is 0 Å². The van der Waals surface area contributed by atoms with Crippen LogP contribution in [-0.4, -0.2) is 34.3 Å². The summed E-state index contributed by atoms with van der Waals surface area (Å²) in [5.74, 6) is 2.01. The van der Waals surface area contributed by atoms with Gasteiger partial charge in [0.15, 0.2) is 0 Å². The lowest BCUT2D eigenvalue weighted by molar-refractivity contribution is 0.325. The molecule has 0 aromatic heterocycles. The van der Waals surface area contributed by atoms with Gasteiger partial charge in [0, 0.05) is 30.0 Å². The summed E-state index contributed by atoms with van der Waals surface area (Å²) in [7, 11) is 0. The molecule has 1 N–H and O–H groups in total. The molecule has 2 unspecified atom stereocenters. The Kier molecular flexibility index (Phi) is 4.10. The van der Waals surface area contributed by atoms with Crippen molar-refractivity contribution < 1.29 is 0 Å². The van der Waals surface area contributed by atoms with Gasteiger partial charge in [-0.25, -0.2) is 0 Å². The van der Waals surface area contributed by atoms with Gasteiger partial charge in [-0.15, -0.1) is 0 Å². The van der Waals surface area contributed by atoms with E-state index < -0.39 is 0 Å². The fourth-order valence-corrected chi connectivity index (χ4v) is 2.79. The molecule has 1 rings (SSSR count). The third-order valence-electron chi connectivity index (χ3n) is 2.72. The predicted octanol–water partition coefficient (Wildman–Crippen LogP) is 2.59. The molecule has 1 fully saturated rings. The van der Waals surface area contributed by atoms with Crippen LogP contribution in [0.25, 0.3) is 0 Å². The van der Waals surface area contributed by atoms with E-state index in [1.165, 1.54) is 5.75 Å². The van der Waals surface area contributed by atoms with Crippen molar-refractivity contribution in [3.05, 3.63) is 0 Å². The van der Waals surface area contributed by atoms with Crippen LogP contribution in [0.1, 0.15) is 33.6 Å².